The van der Waals surface area contributed by atoms with Crippen LogP contribution < -0.4 is 5.32 Å². The van der Waals surface area contributed by atoms with Gasteiger partial charge < -0.3 is 10.2 Å². The van der Waals surface area contributed by atoms with Crippen LogP contribution in [0.25, 0.3) is 0 Å². The molecule has 1 amide bonds. The third-order valence-electron chi connectivity index (χ3n) is 3.95. The molecule has 1 fully saturated rings. The molecule has 0 saturated heterocycles. The maximum atomic E-state index is 11.9. The van der Waals surface area contributed by atoms with Crippen LogP contribution in [0.1, 0.15) is 30.6 Å². The van der Waals surface area contributed by atoms with Crippen molar-refractivity contribution in [3.8, 4) is 0 Å². The number of rotatable bonds is 6. The van der Waals surface area contributed by atoms with Gasteiger partial charge in [-0.1, -0.05) is 25.0 Å². The molecule has 0 radical (unpaired) electrons. The van der Waals surface area contributed by atoms with Crippen molar-refractivity contribution in [1.29, 1.82) is 0 Å². The molecule has 1 aromatic heterocycles. The van der Waals surface area contributed by atoms with Gasteiger partial charge in [0.2, 0.25) is 5.91 Å². The predicted molar refractivity (Wildman–Crippen MR) is 85.2 cm³/mol. The Kier molecular flexibility index (Phi) is 5.38. The van der Waals surface area contributed by atoms with E-state index in [1.165, 1.54) is 30.6 Å². The van der Waals surface area contributed by atoms with Crippen molar-refractivity contribution in [2.24, 2.45) is 0 Å². The summed E-state index contributed by atoms with van der Waals surface area (Å²) < 4.78 is 0. The monoisotopic (exact) mass is 292 g/mol. The van der Waals surface area contributed by atoms with E-state index in [1.54, 1.807) is 6.08 Å². The minimum absolute atomic E-state index is 0.0229. The van der Waals surface area contributed by atoms with E-state index in [4.69, 9.17) is 0 Å². The molecule has 0 spiro atoms. The number of carbonyl (C=O) groups is 1. The molecule has 0 aliphatic heterocycles. The first kappa shape index (κ1) is 15.3. The van der Waals surface area contributed by atoms with E-state index >= 15 is 0 Å². The minimum Gasteiger partial charge on any atom is -0.352 e. The van der Waals surface area contributed by atoms with Crippen LogP contribution in [0.2, 0.25) is 0 Å². The van der Waals surface area contributed by atoms with Crippen molar-refractivity contribution in [1.82, 2.24) is 10.2 Å². The van der Waals surface area contributed by atoms with E-state index < -0.39 is 0 Å². The molecule has 1 aliphatic rings. The second-order valence-electron chi connectivity index (χ2n) is 5.85. The Bertz CT molecular complexity index is 445. The predicted octanol–water partition coefficient (Wildman–Crippen LogP) is 2.79. The van der Waals surface area contributed by atoms with E-state index in [1.807, 2.05) is 36.4 Å². The van der Waals surface area contributed by atoms with Gasteiger partial charge in [-0.3, -0.25) is 4.79 Å². The lowest BCUT2D eigenvalue weighted by Gasteiger charge is -2.28. The van der Waals surface area contributed by atoms with Gasteiger partial charge in [-0.2, -0.15) is 0 Å². The van der Waals surface area contributed by atoms with E-state index in [0.29, 0.717) is 0 Å². The van der Waals surface area contributed by atoms with Crippen LogP contribution in [0, 0.1) is 0 Å². The highest BCUT2D eigenvalue weighted by Gasteiger charge is 2.36. The standard InChI is InChI=1S/C16H24N2OS/c1-18(2)11-5-8-15(19)17-13-16(9-3-4-10-16)14-7-6-12-20-14/h5-8,12H,3-4,9-11,13H2,1-2H3,(H,17,19)/b8-5+. The summed E-state index contributed by atoms with van der Waals surface area (Å²) in [7, 11) is 3.99. The SMILES string of the molecule is CN(C)C/C=C/C(=O)NCC1(c2cccs2)CCCC1. The molecular formula is C16H24N2OS. The zero-order valence-electron chi connectivity index (χ0n) is 12.4. The summed E-state index contributed by atoms with van der Waals surface area (Å²) in [4.78, 5) is 15.3. The Balaban J connectivity index is 1.90. The molecule has 2 rings (SSSR count). The summed E-state index contributed by atoms with van der Waals surface area (Å²) in [5.41, 5.74) is 0.180. The van der Waals surface area contributed by atoms with Crippen molar-refractivity contribution < 1.29 is 4.79 Å². The number of hydrogen-bond acceptors (Lipinski definition) is 3. The molecule has 0 bridgehead atoms. The van der Waals surface area contributed by atoms with Crippen LogP contribution in [0.15, 0.2) is 29.7 Å². The fourth-order valence-electron chi connectivity index (χ4n) is 2.83. The molecule has 3 nitrogen and oxygen atoms in total. The number of hydrogen-bond donors (Lipinski definition) is 1. The van der Waals surface area contributed by atoms with Crippen LogP contribution >= 0.6 is 11.3 Å². The van der Waals surface area contributed by atoms with Gasteiger partial charge in [0, 0.05) is 29.5 Å². The normalized spacial score (nSPS) is 17.9. The quantitative estimate of drug-likeness (QED) is 0.818. The highest BCUT2D eigenvalue weighted by atomic mass is 32.1. The summed E-state index contributed by atoms with van der Waals surface area (Å²) in [6.45, 7) is 1.56. The number of nitrogens with one attached hydrogen (secondary N) is 1. The maximum Gasteiger partial charge on any atom is 0.243 e. The Morgan fingerprint density at radius 1 is 1.45 bits per heavy atom. The van der Waals surface area contributed by atoms with Gasteiger partial charge in [0.05, 0.1) is 0 Å². The molecular weight excluding hydrogens is 268 g/mol. The highest BCUT2D eigenvalue weighted by Crippen LogP contribution is 2.42. The third kappa shape index (κ3) is 3.93. The van der Waals surface area contributed by atoms with Gasteiger partial charge in [-0.15, -0.1) is 11.3 Å². The van der Waals surface area contributed by atoms with Crippen molar-refractivity contribution in [3.63, 3.8) is 0 Å². The van der Waals surface area contributed by atoms with E-state index in [-0.39, 0.29) is 11.3 Å². The Morgan fingerprint density at radius 3 is 2.80 bits per heavy atom. The molecule has 0 aromatic carbocycles. The average Bonchev–Trinajstić information content (AvgIpc) is 3.08. The van der Waals surface area contributed by atoms with Crippen LogP contribution in [-0.2, 0) is 10.2 Å². The average molecular weight is 292 g/mol. The zero-order chi connectivity index (χ0) is 14.4. The summed E-state index contributed by atoms with van der Waals surface area (Å²) in [6.07, 6.45) is 8.47. The molecule has 110 valence electrons. The Labute approximate surface area is 125 Å². The number of likely N-dealkylation sites (N-methyl/N-ethyl adjacent to an activating group) is 1. The number of amides is 1. The summed E-state index contributed by atoms with van der Waals surface area (Å²) in [5.74, 6) is 0.0229. The van der Waals surface area contributed by atoms with E-state index in [0.717, 1.165) is 13.1 Å². The van der Waals surface area contributed by atoms with Gasteiger partial charge in [-0.05, 0) is 38.4 Å². The van der Waals surface area contributed by atoms with Gasteiger partial charge in [0.1, 0.15) is 0 Å². The van der Waals surface area contributed by atoms with Crippen molar-refractivity contribution in [2.75, 3.05) is 27.2 Å². The minimum atomic E-state index is 0.0229. The highest BCUT2D eigenvalue weighted by molar-refractivity contribution is 7.10. The van der Waals surface area contributed by atoms with Crippen molar-refractivity contribution in [3.05, 3.63) is 34.5 Å². The Morgan fingerprint density at radius 2 is 2.20 bits per heavy atom. The maximum absolute atomic E-state index is 11.9. The first-order valence-corrected chi connectivity index (χ1v) is 8.13. The second kappa shape index (κ2) is 7.04. The lowest BCUT2D eigenvalue weighted by molar-refractivity contribution is -0.116. The van der Waals surface area contributed by atoms with Crippen LogP contribution in [-0.4, -0.2) is 38.0 Å². The Hall–Kier alpha value is -1.13. The second-order valence-corrected chi connectivity index (χ2v) is 6.79. The fraction of sp³-hybridized carbons (Fsp3) is 0.562. The van der Waals surface area contributed by atoms with Gasteiger partial charge in [-0.25, -0.2) is 0 Å². The van der Waals surface area contributed by atoms with Crippen molar-refractivity contribution >= 4 is 17.2 Å². The molecule has 1 N–H and O–H groups in total. The van der Waals surface area contributed by atoms with Crippen LogP contribution in [0.5, 0.6) is 0 Å². The van der Waals surface area contributed by atoms with Gasteiger partial charge in [0.25, 0.3) is 0 Å². The smallest absolute Gasteiger partial charge is 0.243 e. The lowest BCUT2D eigenvalue weighted by atomic mass is 9.84. The number of nitrogens with zero attached hydrogens (tertiary/aromatic N) is 1. The topological polar surface area (TPSA) is 32.3 Å². The summed E-state index contributed by atoms with van der Waals surface area (Å²) in [5, 5.41) is 5.22. The lowest BCUT2D eigenvalue weighted by Crippen LogP contribution is -2.37. The van der Waals surface area contributed by atoms with Gasteiger partial charge >= 0.3 is 0 Å². The molecule has 20 heavy (non-hydrogen) atoms. The number of thiophene rings is 1. The molecule has 0 unspecified atom stereocenters. The molecule has 1 heterocycles. The fourth-order valence-corrected chi connectivity index (χ4v) is 3.82. The van der Waals surface area contributed by atoms with Crippen LogP contribution in [0.4, 0.5) is 0 Å². The first-order chi connectivity index (χ1) is 9.62. The zero-order valence-corrected chi connectivity index (χ0v) is 13.2. The largest absolute Gasteiger partial charge is 0.352 e. The molecule has 1 aromatic rings. The van der Waals surface area contributed by atoms with E-state index in [2.05, 4.69) is 22.8 Å². The van der Waals surface area contributed by atoms with Crippen LogP contribution in [0.3, 0.4) is 0 Å². The summed E-state index contributed by atoms with van der Waals surface area (Å²) in [6, 6.07) is 4.32. The number of carbonyl (C=O) groups excluding carboxylic acids is 1. The molecule has 0 atom stereocenters. The molecule has 4 heteroatoms. The first-order valence-electron chi connectivity index (χ1n) is 7.25. The van der Waals surface area contributed by atoms with Crippen molar-refractivity contribution in [2.45, 2.75) is 31.1 Å². The third-order valence-corrected chi connectivity index (χ3v) is 5.06. The molecule has 1 aliphatic carbocycles. The molecule has 1 saturated carbocycles. The van der Waals surface area contributed by atoms with E-state index in [9.17, 15) is 4.79 Å². The van der Waals surface area contributed by atoms with Gasteiger partial charge in [0.15, 0.2) is 0 Å². The summed E-state index contributed by atoms with van der Waals surface area (Å²) >= 11 is 1.82.